The zero-order valence-corrected chi connectivity index (χ0v) is 21.0. The highest BCUT2D eigenvalue weighted by atomic mass is 19.4. The third-order valence-electron chi connectivity index (χ3n) is 6.59. The SMILES string of the molecule is CN1CCC[C@H]1COc1nc2c(c(C3CNCCN3C(=O)OC(C)(C)C)n1)CN(C(=O)C(F)(F)F)C2. The molecule has 10 nitrogen and oxygen atoms in total. The molecule has 0 bridgehead atoms. The van der Waals surface area contributed by atoms with E-state index in [1.54, 1.807) is 20.8 Å². The number of amides is 2. The number of rotatable bonds is 4. The monoisotopic (exact) mass is 514 g/mol. The van der Waals surface area contributed by atoms with Crippen LogP contribution in [0.3, 0.4) is 0 Å². The van der Waals surface area contributed by atoms with Crippen molar-refractivity contribution < 1.29 is 32.2 Å². The molecule has 36 heavy (non-hydrogen) atoms. The summed E-state index contributed by atoms with van der Waals surface area (Å²) in [7, 11) is 2.00. The van der Waals surface area contributed by atoms with Crippen molar-refractivity contribution in [3.8, 4) is 6.01 Å². The standard InChI is InChI=1S/C23H33F3N6O4/c1-22(2,3)36-21(34)32-9-7-27-10-17(32)18-15-11-31(19(33)23(24,25)26)12-16(15)28-20(29-18)35-13-14-6-5-8-30(14)4/h14,17,27H,5-13H2,1-4H3/t14-,17?/m0/s1. The Morgan fingerprint density at radius 3 is 2.53 bits per heavy atom. The van der Waals surface area contributed by atoms with E-state index < -0.39 is 29.8 Å². The van der Waals surface area contributed by atoms with Crippen molar-refractivity contribution in [3.63, 3.8) is 0 Å². The van der Waals surface area contributed by atoms with Gasteiger partial charge in [0, 0.05) is 31.2 Å². The maximum atomic E-state index is 13.2. The number of alkyl halides is 3. The van der Waals surface area contributed by atoms with Gasteiger partial charge in [-0.05, 0) is 47.2 Å². The number of hydrogen-bond donors (Lipinski definition) is 1. The fraction of sp³-hybridized carbons (Fsp3) is 0.739. The Hall–Kier alpha value is -2.67. The average molecular weight is 515 g/mol. The molecule has 1 aromatic rings. The largest absolute Gasteiger partial charge is 0.471 e. The van der Waals surface area contributed by atoms with Crippen LogP contribution in [-0.2, 0) is 22.6 Å². The highest BCUT2D eigenvalue weighted by molar-refractivity contribution is 5.82. The van der Waals surface area contributed by atoms with Gasteiger partial charge in [0.05, 0.1) is 30.5 Å². The van der Waals surface area contributed by atoms with Gasteiger partial charge in [0.2, 0.25) is 0 Å². The van der Waals surface area contributed by atoms with Gasteiger partial charge in [-0.3, -0.25) is 9.69 Å². The second kappa shape index (κ2) is 10.0. The first kappa shape index (κ1) is 26.4. The number of likely N-dealkylation sites (N-methyl/N-ethyl adjacent to an activating group) is 1. The van der Waals surface area contributed by atoms with Crippen LogP contribution in [0.1, 0.15) is 56.6 Å². The van der Waals surface area contributed by atoms with Crippen LogP contribution in [0.5, 0.6) is 6.01 Å². The van der Waals surface area contributed by atoms with Gasteiger partial charge in [0.1, 0.15) is 12.2 Å². The Labute approximate surface area is 208 Å². The Kier molecular flexibility index (Phi) is 7.33. The van der Waals surface area contributed by atoms with E-state index in [1.807, 2.05) is 7.05 Å². The molecule has 0 radical (unpaired) electrons. The van der Waals surface area contributed by atoms with E-state index in [9.17, 15) is 22.8 Å². The Morgan fingerprint density at radius 2 is 1.89 bits per heavy atom. The molecule has 2 saturated heterocycles. The molecule has 3 aliphatic rings. The Bertz CT molecular complexity index is 999. The summed E-state index contributed by atoms with van der Waals surface area (Å²) in [5.74, 6) is -1.94. The molecule has 13 heteroatoms. The molecule has 0 aliphatic carbocycles. The summed E-state index contributed by atoms with van der Waals surface area (Å²) < 4.78 is 51.0. The smallest absolute Gasteiger partial charge is 0.462 e. The lowest BCUT2D eigenvalue weighted by Gasteiger charge is -2.37. The third kappa shape index (κ3) is 5.83. The molecule has 2 atom stereocenters. The van der Waals surface area contributed by atoms with E-state index in [-0.39, 0.29) is 25.1 Å². The summed E-state index contributed by atoms with van der Waals surface area (Å²) in [5.41, 5.74) is 0.338. The zero-order chi connectivity index (χ0) is 26.3. The average Bonchev–Trinajstić information content (AvgIpc) is 3.40. The van der Waals surface area contributed by atoms with Gasteiger partial charge < -0.3 is 24.6 Å². The van der Waals surface area contributed by atoms with Crippen LogP contribution >= 0.6 is 0 Å². The number of likely N-dealkylation sites (tertiary alicyclic amines) is 1. The second-order valence-electron chi connectivity index (χ2n) is 10.5. The molecule has 1 unspecified atom stereocenters. The number of carbonyl (C=O) groups is 2. The van der Waals surface area contributed by atoms with E-state index in [2.05, 4.69) is 20.2 Å². The van der Waals surface area contributed by atoms with Crippen LogP contribution in [0.4, 0.5) is 18.0 Å². The van der Waals surface area contributed by atoms with Crippen molar-refractivity contribution in [2.45, 2.75) is 70.6 Å². The lowest BCUT2D eigenvalue weighted by Crippen LogP contribution is -2.50. The lowest BCUT2D eigenvalue weighted by molar-refractivity contribution is -0.186. The topological polar surface area (TPSA) is 100 Å². The van der Waals surface area contributed by atoms with E-state index in [0.29, 0.717) is 48.1 Å². The maximum Gasteiger partial charge on any atom is 0.471 e. The number of aromatic nitrogens is 2. The fourth-order valence-electron chi connectivity index (χ4n) is 4.77. The summed E-state index contributed by atoms with van der Waals surface area (Å²) in [6.45, 7) is 7.14. The van der Waals surface area contributed by atoms with Crippen LogP contribution in [0.2, 0.25) is 0 Å². The van der Waals surface area contributed by atoms with Gasteiger partial charge in [-0.2, -0.15) is 23.1 Å². The van der Waals surface area contributed by atoms with Crippen LogP contribution in [0.15, 0.2) is 0 Å². The predicted molar refractivity (Wildman–Crippen MR) is 122 cm³/mol. The molecule has 2 fully saturated rings. The predicted octanol–water partition coefficient (Wildman–Crippen LogP) is 2.24. The number of carbonyl (C=O) groups excluding carboxylic acids is 2. The van der Waals surface area contributed by atoms with Crippen molar-refractivity contribution in [1.29, 1.82) is 0 Å². The van der Waals surface area contributed by atoms with Gasteiger partial charge >= 0.3 is 24.2 Å². The Balaban J connectivity index is 1.66. The first-order chi connectivity index (χ1) is 16.8. The van der Waals surface area contributed by atoms with Crippen molar-refractivity contribution in [3.05, 3.63) is 17.0 Å². The van der Waals surface area contributed by atoms with E-state index in [4.69, 9.17) is 9.47 Å². The normalized spacial score (nSPS) is 23.1. The van der Waals surface area contributed by atoms with E-state index in [0.717, 1.165) is 19.4 Å². The van der Waals surface area contributed by atoms with Crippen molar-refractivity contribution >= 4 is 12.0 Å². The molecule has 1 N–H and O–H groups in total. The number of nitrogens with zero attached hydrogens (tertiary/aromatic N) is 5. The molecule has 1 aromatic heterocycles. The first-order valence-corrected chi connectivity index (χ1v) is 12.1. The second-order valence-corrected chi connectivity index (χ2v) is 10.5. The highest BCUT2D eigenvalue weighted by Gasteiger charge is 2.46. The van der Waals surface area contributed by atoms with Crippen molar-refractivity contribution in [2.24, 2.45) is 0 Å². The summed E-state index contributed by atoms with van der Waals surface area (Å²) in [6, 6.07) is -0.411. The molecule has 0 aromatic carbocycles. The van der Waals surface area contributed by atoms with E-state index in [1.165, 1.54) is 4.90 Å². The van der Waals surface area contributed by atoms with Gasteiger partial charge in [-0.25, -0.2) is 4.79 Å². The molecular weight excluding hydrogens is 481 g/mol. The molecule has 4 heterocycles. The first-order valence-electron chi connectivity index (χ1n) is 12.1. The van der Waals surface area contributed by atoms with Gasteiger partial charge in [0.25, 0.3) is 0 Å². The minimum atomic E-state index is -5.00. The molecule has 3 aliphatic heterocycles. The fourth-order valence-corrected chi connectivity index (χ4v) is 4.77. The number of nitrogens with one attached hydrogen (secondary N) is 1. The van der Waals surface area contributed by atoms with Gasteiger partial charge in [0.15, 0.2) is 0 Å². The van der Waals surface area contributed by atoms with Crippen LogP contribution in [0.25, 0.3) is 0 Å². The molecular formula is C23H33F3N6O4. The molecule has 0 spiro atoms. The maximum absolute atomic E-state index is 13.2. The minimum Gasteiger partial charge on any atom is -0.462 e. The lowest BCUT2D eigenvalue weighted by atomic mass is 10.0. The quantitative estimate of drug-likeness (QED) is 0.653. The molecule has 4 rings (SSSR count). The van der Waals surface area contributed by atoms with Gasteiger partial charge in [-0.1, -0.05) is 0 Å². The number of fused-ring (bicyclic) bond motifs is 1. The minimum absolute atomic E-state index is 0.0278. The van der Waals surface area contributed by atoms with Crippen LogP contribution in [-0.4, -0.2) is 94.3 Å². The summed E-state index contributed by atoms with van der Waals surface area (Å²) >= 11 is 0. The summed E-state index contributed by atoms with van der Waals surface area (Å²) in [4.78, 5) is 38.3. The van der Waals surface area contributed by atoms with Crippen molar-refractivity contribution in [1.82, 2.24) is 30.0 Å². The molecule has 0 saturated carbocycles. The van der Waals surface area contributed by atoms with Crippen LogP contribution < -0.4 is 10.1 Å². The number of piperazine rings is 1. The van der Waals surface area contributed by atoms with E-state index >= 15 is 0 Å². The zero-order valence-electron chi connectivity index (χ0n) is 21.0. The molecule has 200 valence electrons. The number of hydrogen-bond acceptors (Lipinski definition) is 8. The summed E-state index contributed by atoms with van der Waals surface area (Å²) in [6.07, 6.45) is -3.54. The van der Waals surface area contributed by atoms with Gasteiger partial charge in [-0.15, -0.1) is 0 Å². The number of ether oxygens (including phenoxy) is 2. The highest BCUT2D eigenvalue weighted by Crippen LogP contribution is 2.35. The van der Waals surface area contributed by atoms with Crippen molar-refractivity contribution in [2.75, 3.05) is 39.8 Å². The van der Waals surface area contributed by atoms with Crippen LogP contribution in [0, 0.1) is 0 Å². The Morgan fingerprint density at radius 1 is 1.14 bits per heavy atom. The molecule has 2 amide bonds. The number of halogens is 3. The third-order valence-corrected chi connectivity index (χ3v) is 6.59. The summed E-state index contributed by atoms with van der Waals surface area (Å²) in [5, 5.41) is 3.21.